The molecular weight excluding hydrogens is 501 g/mol. The minimum atomic E-state index is -0.559. The van der Waals surface area contributed by atoms with Crippen molar-refractivity contribution in [2.45, 2.75) is 26.4 Å². The van der Waals surface area contributed by atoms with Gasteiger partial charge in [-0.3, -0.25) is 0 Å². The van der Waals surface area contributed by atoms with Gasteiger partial charge in [-0.05, 0) is 73.5 Å². The van der Waals surface area contributed by atoms with E-state index >= 15 is 0 Å². The van der Waals surface area contributed by atoms with Crippen LogP contribution >= 0.6 is 11.6 Å². The highest BCUT2D eigenvalue weighted by Gasteiger charge is 2.36. The minimum absolute atomic E-state index is 0.266. The van der Waals surface area contributed by atoms with Crippen molar-refractivity contribution in [1.29, 1.82) is 0 Å². The van der Waals surface area contributed by atoms with Crippen LogP contribution in [0, 0.1) is 19.7 Å². The maximum absolute atomic E-state index is 14.5. The molecule has 1 unspecified atom stereocenters. The van der Waals surface area contributed by atoms with Crippen molar-refractivity contribution in [3.63, 3.8) is 0 Å². The number of nitrogens with zero attached hydrogens (tertiary/aromatic N) is 4. The van der Waals surface area contributed by atoms with Crippen molar-refractivity contribution < 1.29 is 9.18 Å². The average molecular weight is 526 g/mol. The Hall–Kier alpha value is -4.36. The van der Waals surface area contributed by atoms with Crippen LogP contribution in [0.2, 0.25) is 5.02 Å². The molecule has 1 aliphatic rings. The zero-order chi connectivity index (χ0) is 26.4. The van der Waals surface area contributed by atoms with E-state index in [0.717, 1.165) is 34.0 Å². The Morgan fingerprint density at radius 1 is 1.00 bits per heavy atom. The number of rotatable bonds is 3. The molecule has 6 nitrogen and oxygen atoms in total. The third-order valence-corrected chi connectivity index (χ3v) is 7.43. The summed E-state index contributed by atoms with van der Waals surface area (Å²) in [6.45, 7) is 4.07. The minimum Gasteiger partial charge on any atom is -0.307 e. The molecule has 0 saturated carbocycles. The molecule has 2 amide bonds. The molecule has 0 saturated heterocycles. The number of benzene rings is 3. The van der Waals surface area contributed by atoms with Crippen LogP contribution in [-0.4, -0.2) is 25.3 Å². The molecule has 3 aromatic carbocycles. The van der Waals surface area contributed by atoms with E-state index in [0.29, 0.717) is 16.3 Å². The summed E-state index contributed by atoms with van der Waals surface area (Å²) in [5.74, 6) is 0.490. The largest absolute Gasteiger partial charge is 0.322 e. The summed E-state index contributed by atoms with van der Waals surface area (Å²) in [7, 11) is 0. The second-order valence-electron chi connectivity index (χ2n) is 9.37. The Morgan fingerprint density at radius 2 is 1.79 bits per heavy atom. The molecule has 5 aromatic rings. The second-order valence-corrected chi connectivity index (χ2v) is 9.77. The van der Waals surface area contributed by atoms with Crippen LogP contribution in [0.1, 0.15) is 34.1 Å². The predicted octanol–water partition coefficient (Wildman–Crippen LogP) is 7.21. The van der Waals surface area contributed by atoms with E-state index in [1.54, 1.807) is 23.1 Å². The Labute approximate surface area is 224 Å². The Morgan fingerprint density at radius 3 is 2.58 bits per heavy atom. The first kappa shape index (κ1) is 24.0. The Balaban J connectivity index is 1.54. The summed E-state index contributed by atoms with van der Waals surface area (Å²) < 4.78 is 18.4. The van der Waals surface area contributed by atoms with Gasteiger partial charge in [0, 0.05) is 22.5 Å². The lowest BCUT2D eigenvalue weighted by molar-refractivity contribution is 0.194. The molecule has 2 aromatic heterocycles. The quantitative estimate of drug-likeness (QED) is 0.270. The van der Waals surface area contributed by atoms with Gasteiger partial charge < -0.3 is 14.8 Å². The summed E-state index contributed by atoms with van der Waals surface area (Å²) in [4.78, 5) is 15.8. The number of fused-ring (bicyclic) bond motifs is 3. The molecule has 1 atom stereocenters. The summed E-state index contributed by atoms with van der Waals surface area (Å²) in [6.07, 6.45) is 1.96. The van der Waals surface area contributed by atoms with E-state index in [9.17, 15) is 9.18 Å². The lowest BCUT2D eigenvalue weighted by Crippen LogP contribution is -2.38. The first-order chi connectivity index (χ1) is 18.4. The van der Waals surface area contributed by atoms with Gasteiger partial charge in [0.05, 0.1) is 29.7 Å². The fourth-order valence-electron chi connectivity index (χ4n) is 5.11. The number of carbonyl (C=O) groups is 1. The van der Waals surface area contributed by atoms with Crippen LogP contribution in [0.4, 0.5) is 14.9 Å². The van der Waals surface area contributed by atoms with Gasteiger partial charge in [-0.15, -0.1) is 0 Å². The third kappa shape index (κ3) is 4.05. The van der Waals surface area contributed by atoms with Crippen LogP contribution in [-0.2, 0) is 6.54 Å². The van der Waals surface area contributed by atoms with Crippen LogP contribution in [0.3, 0.4) is 0 Å². The molecule has 0 fully saturated rings. The molecule has 0 radical (unpaired) electrons. The highest BCUT2D eigenvalue weighted by atomic mass is 35.5. The zero-order valence-corrected chi connectivity index (χ0v) is 21.7. The topological polar surface area (TPSA) is 55.1 Å². The number of aryl methyl sites for hydroxylation is 1. The number of aromatic nitrogens is 3. The van der Waals surface area contributed by atoms with E-state index in [4.69, 9.17) is 16.7 Å². The van der Waals surface area contributed by atoms with Crippen LogP contribution in [0.15, 0.2) is 91.1 Å². The van der Waals surface area contributed by atoms with E-state index in [-0.39, 0.29) is 18.4 Å². The lowest BCUT2D eigenvalue weighted by Gasteiger charge is -2.31. The van der Waals surface area contributed by atoms with Gasteiger partial charge in [0.25, 0.3) is 0 Å². The maximum atomic E-state index is 14.5. The van der Waals surface area contributed by atoms with E-state index in [1.165, 1.54) is 12.1 Å². The number of urea groups is 1. The predicted molar refractivity (Wildman–Crippen MR) is 147 cm³/mol. The first-order valence-electron chi connectivity index (χ1n) is 12.3. The van der Waals surface area contributed by atoms with Crippen molar-refractivity contribution in [3.8, 4) is 11.5 Å². The average Bonchev–Trinajstić information content (AvgIpc) is 3.47. The number of halogens is 2. The van der Waals surface area contributed by atoms with Gasteiger partial charge in [-0.2, -0.15) is 5.10 Å². The fraction of sp³-hybridized carbons (Fsp3) is 0.133. The molecule has 0 spiro atoms. The van der Waals surface area contributed by atoms with Gasteiger partial charge in [-0.1, -0.05) is 48.0 Å². The zero-order valence-electron chi connectivity index (χ0n) is 20.9. The van der Waals surface area contributed by atoms with Crippen molar-refractivity contribution >= 4 is 23.3 Å². The van der Waals surface area contributed by atoms with Crippen molar-refractivity contribution in [2.24, 2.45) is 0 Å². The molecule has 8 heteroatoms. The number of nitrogens with one attached hydrogen (secondary N) is 1. The SMILES string of the molecule is Cc1nn(-c2ccccc2)c2c1CN(C(=O)Nc1cccc(Cl)c1C)C(c1cccc(F)c1)c1cccn1-2. The highest BCUT2D eigenvalue weighted by Crippen LogP contribution is 2.39. The number of para-hydroxylation sites is 1. The Bertz CT molecular complexity index is 1660. The van der Waals surface area contributed by atoms with E-state index in [1.807, 2.05) is 79.3 Å². The smallest absolute Gasteiger partial charge is 0.307 e. The van der Waals surface area contributed by atoms with Crippen molar-refractivity contribution in [3.05, 3.63) is 130 Å². The number of amides is 2. The van der Waals surface area contributed by atoms with Gasteiger partial charge >= 0.3 is 6.03 Å². The van der Waals surface area contributed by atoms with E-state index in [2.05, 4.69) is 9.88 Å². The highest BCUT2D eigenvalue weighted by molar-refractivity contribution is 6.31. The number of anilines is 1. The van der Waals surface area contributed by atoms with Gasteiger partial charge in [0.15, 0.2) is 0 Å². The fourth-order valence-corrected chi connectivity index (χ4v) is 5.28. The van der Waals surface area contributed by atoms with Crippen LogP contribution in [0.25, 0.3) is 11.5 Å². The van der Waals surface area contributed by atoms with Crippen LogP contribution in [0.5, 0.6) is 0 Å². The first-order valence-corrected chi connectivity index (χ1v) is 12.7. The number of hydrogen-bond acceptors (Lipinski definition) is 2. The molecule has 3 heterocycles. The van der Waals surface area contributed by atoms with Crippen molar-refractivity contribution in [1.82, 2.24) is 19.2 Å². The van der Waals surface area contributed by atoms with Crippen LogP contribution < -0.4 is 5.32 Å². The van der Waals surface area contributed by atoms with Gasteiger partial charge in [0.2, 0.25) is 0 Å². The normalized spacial score (nSPS) is 14.5. The summed E-state index contributed by atoms with van der Waals surface area (Å²) in [5.41, 5.74) is 5.51. The second kappa shape index (κ2) is 9.50. The number of hydrogen-bond donors (Lipinski definition) is 1. The molecule has 0 bridgehead atoms. The van der Waals surface area contributed by atoms with Crippen molar-refractivity contribution in [2.75, 3.05) is 5.32 Å². The third-order valence-electron chi connectivity index (χ3n) is 7.02. The molecule has 1 aliphatic heterocycles. The molecule has 0 aliphatic carbocycles. The van der Waals surface area contributed by atoms with Gasteiger partial charge in [-0.25, -0.2) is 13.9 Å². The molecule has 1 N–H and O–H groups in total. The van der Waals surface area contributed by atoms with Gasteiger partial charge in [0.1, 0.15) is 11.6 Å². The summed E-state index contributed by atoms with van der Waals surface area (Å²) >= 11 is 6.33. The molecule has 190 valence electrons. The van der Waals surface area contributed by atoms with E-state index < -0.39 is 6.04 Å². The number of carbonyl (C=O) groups excluding carboxylic acids is 1. The summed E-state index contributed by atoms with van der Waals surface area (Å²) in [6, 6.07) is 24.7. The lowest BCUT2D eigenvalue weighted by atomic mass is 10.0. The maximum Gasteiger partial charge on any atom is 0.322 e. The molecule has 6 rings (SSSR count). The molecule has 38 heavy (non-hydrogen) atoms. The molecular formula is C30H25ClFN5O. The standard InChI is InChI=1S/C30H25ClFN5O/c1-19-25(31)13-7-14-26(19)33-30(38)36-18-24-20(2)34-37(23-11-4-3-5-12-23)29(24)35-16-8-15-27(35)28(36)21-9-6-10-22(32)17-21/h3-17,28H,18H2,1-2H3,(H,33,38). The monoisotopic (exact) mass is 525 g/mol. The Kier molecular flexibility index (Phi) is 6.00. The summed E-state index contributed by atoms with van der Waals surface area (Å²) in [5, 5.41) is 8.47.